The Kier molecular flexibility index (Phi) is 5.65. The van der Waals surface area contributed by atoms with E-state index in [-0.39, 0.29) is 24.6 Å². The lowest BCUT2D eigenvalue weighted by atomic mass is 10.2. The van der Waals surface area contributed by atoms with E-state index in [0.29, 0.717) is 28.1 Å². The molecule has 0 saturated carbocycles. The van der Waals surface area contributed by atoms with Crippen LogP contribution in [0, 0.1) is 0 Å². The smallest absolute Gasteiger partial charge is 0.261 e. The predicted octanol–water partition coefficient (Wildman–Crippen LogP) is 3.27. The third kappa shape index (κ3) is 4.31. The summed E-state index contributed by atoms with van der Waals surface area (Å²) in [6.07, 6.45) is 5.18. The lowest BCUT2D eigenvalue weighted by Gasteiger charge is -2.13. The molecule has 0 atom stereocenters. The summed E-state index contributed by atoms with van der Waals surface area (Å²) in [7, 11) is 1.55. The van der Waals surface area contributed by atoms with Crippen LogP contribution in [0.5, 0.6) is 11.5 Å². The van der Waals surface area contributed by atoms with Crippen molar-refractivity contribution in [2.75, 3.05) is 12.4 Å². The summed E-state index contributed by atoms with van der Waals surface area (Å²) in [5, 5.41) is 3.26. The number of imidazole rings is 1. The molecule has 5 aromatic rings. The van der Waals surface area contributed by atoms with E-state index in [9.17, 15) is 9.59 Å². The average molecular weight is 455 g/mol. The number of carbonyl (C=O) groups excluding carboxylic acids is 1. The summed E-state index contributed by atoms with van der Waals surface area (Å²) in [6.45, 7) is 0.0632. The van der Waals surface area contributed by atoms with Crippen molar-refractivity contribution in [3.05, 3.63) is 95.4 Å². The zero-order chi connectivity index (χ0) is 23.5. The molecule has 34 heavy (non-hydrogen) atoms. The number of anilines is 1. The zero-order valence-electron chi connectivity index (χ0n) is 18.3. The van der Waals surface area contributed by atoms with Crippen LogP contribution in [0.1, 0.15) is 5.69 Å². The van der Waals surface area contributed by atoms with E-state index in [0.717, 1.165) is 11.3 Å². The number of para-hydroxylation sites is 1. The van der Waals surface area contributed by atoms with Crippen LogP contribution in [0.4, 0.5) is 5.69 Å². The number of hydrogen-bond donors (Lipinski definition) is 1. The standard InChI is InChI=1S/C25H21N5O4/c1-33-21-10-9-17(12-22(21)34-15-18-13-29-11-5-4-8-23(29)27-18)28-24(31)14-30-16-26-20-7-3-2-6-19(20)25(30)32/h2-13,16H,14-15H2,1H3,(H,28,31). The second-order valence-corrected chi connectivity index (χ2v) is 7.60. The highest BCUT2D eigenvalue weighted by Gasteiger charge is 2.12. The van der Waals surface area contributed by atoms with Gasteiger partial charge >= 0.3 is 0 Å². The van der Waals surface area contributed by atoms with Crippen molar-refractivity contribution in [1.29, 1.82) is 0 Å². The van der Waals surface area contributed by atoms with Gasteiger partial charge in [-0.15, -0.1) is 0 Å². The summed E-state index contributed by atoms with van der Waals surface area (Å²) in [5.41, 5.74) is 2.41. The molecule has 0 aliphatic carbocycles. The first-order valence-corrected chi connectivity index (χ1v) is 10.6. The van der Waals surface area contributed by atoms with Crippen molar-refractivity contribution < 1.29 is 14.3 Å². The summed E-state index contributed by atoms with van der Waals surface area (Å²) in [5.74, 6) is 0.620. The summed E-state index contributed by atoms with van der Waals surface area (Å²) < 4.78 is 14.5. The molecular weight excluding hydrogens is 434 g/mol. The number of amides is 1. The maximum Gasteiger partial charge on any atom is 0.261 e. The Labute approximate surface area is 194 Å². The van der Waals surface area contributed by atoms with E-state index in [1.165, 1.54) is 10.9 Å². The highest BCUT2D eigenvalue weighted by molar-refractivity contribution is 5.91. The fourth-order valence-corrected chi connectivity index (χ4v) is 3.65. The van der Waals surface area contributed by atoms with E-state index in [2.05, 4.69) is 15.3 Å². The van der Waals surface area contributed by atoms with Gasteiger partial charge in [-0.1, -0.05) is 18.2 Å². The monoisotopic (exact) mass is 455 g/mol. The second-order valence-electron chi connectivity index (χ2n) is 7.60. The number of carbonyl (C=O) groups is 1. The van der Waals surface area contributed by atoms with Gasteiger partial charge < -0.3 is 19.2 Å². The fraction of sp³-hybridized carbons (Fsp3) is 0.120. The molecule has 3 aromatic heterocycles. The molecule has 3 heterocycles. The van der Waals surface area contributed by atoms with Gasteiger partial charge in [0, 0.05) is 24.1 Å². The highest BCUT2D eigenvalue weighted by Crippen LogP contribution is 2.31. The van der Waals surface area contributed by atoms with Crippen molar-refractivity contribution in [2.45, 2.75) is 13.2 Å². The van der Waals surface area contributed by atoms with E-state index in [1.807, 2.05) is 41.1 Å². The Morgan fingerprint density at radius 3 is 2.76 bits per heavy atom. The number of nitrogens with one attached hydrogen (secondary N) is 1. The Morgan fingerprint density at radius 2 is 1.91 bits per heavy atom. The molecule has 2 aromatic carbocycles. The molecule has 9 nitrogen and oxygen atoms in total. The van der Waals surface area contributed by atoms with E-state index in [1.54, 1.807) is 43.5 Å². The van der Waals surface area contributed by atoms with Crippen LogP contribution in [-0.4, -0.2) is 32.0 Å². The van der Waals surface area contributed by atoms with Gasteiger partial charge in [-0.2, -0.15) is 0 Å². The van der Waals surface area contributed by atoms with Crippen LogP contribution in [0.25, 0.3) is 16.6 Å². The molecule has 0 radical (unpaired) electrons. The number of benzene rings is 2. The van der Waals surface area contributed by atoms with Crippen molar-refractivity contribution >= 4 is 28.1 Å². The number of fused-ring (bicyclic) bond motifs is 2. The first-order chi connectivity index (χ1) is 16.6. The minimum atomic E-state index is -0.365. The third-order valence-electron chi connectivity index (χ3n) is 5.28. The van der Waals surface area contributed by atoms with Gasteiger partial charge in [0.1, 0.15) is 18.8 Å². The van der Waals surface area contributed by atoms with Gasteiger partial charge in [0.15, 0.2) is 11.5 Å². The van der Waals surface area contributed by atoms with Gasteiger partial charge in [0.05, 0.1) is 30.0 Å². The SMILES string of the molecule is COc1ccc(NC(=O)Cn2cnc3ccccc3c2=O)cc1OCc1cn2ccccc2n1. The largest absolute Gasteiger partial charge is 0.493 e. The lowest BCUT2D eigenvalue weighted by molar-refractivity contribution is -0.116. The molecule has 0 unspecified atom stereocenters. The van der Waals surface area contributed by atoms with Gasteiger partial charge in [0.2, 0.25) is 5.91 Å². The normalized spacial score (nSPS) is 11.0. The zero-order valence-corrected chi connectivity index (χ0v) is 18.3. The van der Waals surface area contributed by atoms with Gasteiger partial charge in [-0.25, -0.2) is 9.97 Å². The van der Waals surface area contributed by atoms with Crippen LogP contribution in [-0.2, 0) is 17.9 Å². The van der Waals surface area contributed by atoms with Crippen LogP contribution < -0.4 is 20.3 Å². The quantitative estimate of drug-likeness (QED) is 0.404. The Hall–Kier alpha value is -4.66. The van der Waals surface area contributed by atoms with Gasteiger partial charge in [0.25, 0.3) is 5.56 Å². The second kappa shape index (κ2) is 9.07. The topological polar surface area (TPSA) is 99.8 Å². The fourth-order valence-electron chi connectivity index (χ4n) is 3.65. The first kappa shape index (κ1) is 21.2. The minimum Gasteiger partial charge on any atom is -0.493 e. The lowest BCUT2D eigenvalue weighted by Crippen LogP contribution is -2.27. The summed E-state index contributed by atoms with van der Waals surface area (Å²) >= 11 is 0. The number of ether oxygens (including phenoxy) is 2. The van der Waals surface area contributed by atoms with Crippen molar-refractivity contribution in [3.8, 4) is 11.5 Å². The molecule has 1 N–H and O–H groups in total. The van der Waals surface area contributed by atoms with Crippen molar-refractivity contribution in [2.24, 2.45) is 0 Å². The van der Waals surface area contributed by atoms with Gasteiger partial charge in [-0.05, 0) is 36.4 Å². The first-order valence-electron chi connectivity index (χ1n) is 10.6. The molecular formula is C25H21N5O4. The molecule has 0 fully saturated rings. The number of nitrogens with zero attached hydrogens (tertiary/aromatic N) is 4. The Balaban J connectivity index is 1.30. The molecule has 0 bridgehead atoms. The molecule has 0 aliphatic rings. The van der Waals surface area contributed by atoms with E-state index in [4.69, 9.17) is 9.47 Å². The maximum atomic E-state index is 12.6. The maximum absolute atomic E-state index is 12.6. The third-order valence-corrected chi connectivity index (χ3v) is 5.28. The molecule has 0 spiro atoms. The van der Waals surface area contributed by atoms with Crippen LogP contribution >= 0.6 is 0 Å². The summed E-state index contributed by atoms with van der Waals surface area (Å²) in [4.78, 5) is 34.0. The Morgan fingerprint density at radius 1 is 1.06 bits per heavy atom. The molecule has 5 rings (SSSR count). The summed E-state index contributed by atoms with van der Waals surface area (Å²) in [6, 6.07) is 17.9. The van der Waals surface area contributed by atoms with E-state index < -0.39 is 0 Å². The molecule has 0 saturated heterocycles. The van der Waals surface area contributed by atoms with Crippen LogP contribution in [0.3, 0.4) is 0 Å². The van der Waals surface area contributed by atoms with Gasteiger partial charge in [-0.3, -0.25) is 14.2 Å². The minimum absolute atomic E-state index is 0.167. The predicted molar refractivity (Wildman–Crippen MR) is 127 cm³/mol. The van der Waals surface area contributed by atoms with Crippen LogP contribution in [0.15, 0.2) is 84.2 Å². The molecule has 9 heteroatoms. The number of hydrogen-bond acceptors (Lipinski definition) is 6. The number of methoxy groups -OCH3 is 1. The highest BCUT2D eigenvalue weighted by atomic mass is 16.5. The van der Waals surface area contributed by atoms with Crippen molar-refractivity contribution in [3.63, 3.8) is 0 Å². The average Bonchev–Trinajstić information content (AvgIpc) is 3.28. The molecule has 170 valence electrons. The number of pyridine rings is 1. The van der Waals surface area contributed by atoms with E-state index >= 15 is 0 Å². The van der Waals surface area contributed by atoms with Crippen molar-refractivity contribution in [1.82, 2.24) is 18.9 Å². The number of rotatable bonds is 7. The number of aromatic nitrogens is 4. The van der Waals surface area contributed by atoms with Crippen LogP contribution in [0.2, 0.25) is 0 Å². The Bertz CT molecular complexity index is 1520. The molecule has 1 amide bonds. The molecule has 0 aliphatic heterocycles.